The zero-order chi connectivity index (χ0) is 33.1. The van der Waals surface area contributed by atoms with Gasteiger partial charge in [-0.1, -0.05) is 103 Å². The molecule has 44 heavy (non-hydrogen) atoms. The van der Waals surface area contributed by atoms with Crippen molar-refractivity contribution in [2.75, 3.05) is 0 Å². The topological polar surface area (TPSA) is 30.7 Å². The average molecular weight is 583 g/mol. The maximum Gasteiger partial charge on any atom is 0.235 e. The Morgan fingerprint density at radius 2 is 1.32 bits per heavy atom. The third-order valence-corrected chi connectivity index (χ3v) is 9.80. The van der Waals surface area contributed by atoms with E-state index in [1.165, 1.54) is 20.2 Å². The molecule has 0 spiro atoms. The fourth-order valence-corrected chi connectivity index (χ4v) is 7.86. The lowest BCUT2D eigenvalue weighted by atomic mass is 10.0. The maximum atomic E-state index is 8.90. The molecule has 0 radical (unpaired) electrons. The van der Waals surface area contributed by atoms with Crippen LogP contribution in [0.4, 0.5) is 0 Å². The number of thiophene rings is 1. The van der Waals surface area contributed by atoms with E-state index in [1.54, 1.807) is 11.3 Å². The van der Waals surface area contributed by atoms with Crippen LogP contribution in [0.1, 0.15) is 6.85 Å². The molecular weight excluding hydrogens is 555 g/mol. The van der Waals surface area contributed by atoms with Crippen molar-refractivity contribution < 1.29 is 6.85 Å². The van der Waals surface area contributed by atoms with Crippen LogP contribution in [0.3, 0.4) is 0 Å². The van der Waals surface area contributed by atoms with Crippen LogP contribution in [0.25, 0.3) is 91.6 Å². The lowest BCUT2D eigenvalue weighted by Gasteiger charge is -2.13. The predicted octanol–water partition coefficient (Wildman–Crippen LogP) is 11.1. The zero-order valence-corrected chi connectivity index (χ0v) is 24.0. The molecule has 0 fully saturated rings. The van der Waals surface area contributed by atoms with Gasteiger partial charge in [-0.2, -0.15) is 0 Å². The number of nitrogens with zero attached hydrogens (tertiary/aromatic N) is 3. The fourth-order valence-electron chi connectivity index (χ4n) is 6.74. The second-order valence-corrected chi connectivity index (χ2v) is 12.1. The largest absolute Gasteiger partial charge is 0.278 e. The monoisotopic (exact) mass is 582 g/mol. The van der Waals surface area contributed by atoms with Crippen molar-refractivity contribution in [1.82, 2.24) is 14.5 Å². The van der Waals surface area contributed by atoms with E-state index in [4.69, 9.17) is 16.8 Å². The molecule has 3 aromatic heterocycles. The fraction of sp³-hybridized carbons (Fsp3) is 0. The van der Waals surface area contributed by atoms with E-state index in [2.05, 4.69) is 65.2 Å². The molecule has 0 amide bonds. The van der Waals surface area contributed by atoms with Crippen LogP contribution in [-0.2, 0) is 0 Å². The van der Waals surface area contributed by atoms with Crippen molar-refractivity contribution in [2.24, 2.45) is 0 Å². The molecule has 10 rings (SSSR count). The van der Waals surface area contributed by atoms with Gasteiger partial charge in [0.15, 0.2) is 0 Å². The van der Waals surface area contributed by atoms with Gasteiger partial charge in [-0.25, -0.2) is 9.97 Å². The molecule has 0 aliphatic heterocycles. The van der Waals surface area contributed by atoms with Crippen LogP contribution >= 0.6 is 11.3 Å². The van der Waals surface area contributed by atoms with Crippen LogP contribution in [0.5, 0.6) is 0 Å². The van der Waals surface area contributed by atoms with Gasteiger partial charge >= 0.3 is 0 Å². The molecule has 3 nitrogen and oxygen atoms in total. The summed E-state index contributed by atoms with van der Waals surface area (Å²) in [4.78, 5) is 10.4. The molecule has 0 aliphatic rings. The summed E-state index contributed by atoms with van der Waals surface area (Å²) in [6.07, 6.45) is 0. The summed E-state index contributed by atoms with van der Waals surface area (Å²) in [5.74, 6) is 0.360. The van der Waals surface area contributed by atoms with Gasteiger partial charge in [-0.05, 0) is 52.6 Å². The number of hydrogen-bond acceptors (Lipinski definition) is 3. The highest BCUT2D eigenvalue weighted by molar-refractivity contribution is 7.26. The Bertz CT molecular complexity index is 3040. The summed E-state index contributed by atoms with van der Waals surface area (Å²) < 4.78 is 47.5. The molecule has 4 heteroatoms. The first-order chi connectivity index (χ1) is 23.9. The third-order valence-electron chi connectivity index (χ3n) is 8.67. The normalized spacial score (nSPS) is 13.7. The van der Waals surface area contributed by atoms with E-state index in [9.17, 15) is 0 Å². The Kier molecular flexibility index (Phi) is 3.99. The molecule has 0 atom stereocenters. The van der Waals surface area contributed by atoms with Gasteiger partial charge in [0.05, 0.1) is 29.1 Å². The molecular formula is C40H23N3S. The van der Waals surface area contributed by atoms with Crippen LogP contribution < -0.4 is 0 Å². The minimum atomic E-state index is -0.440. The number of rotatable bonds is 2. The molecule has 10 aromatic rings. The van der Waals surface area contributed by atoms with Crippen molar-refractivity contribution in [3.8, 4) is 17.2 Å². The number of fused-ring (bicyclic) bond motifs is 11. The van der Waals surface area contributed by atoms with E-state index in [-0.39, 0.29) is 17.6 Å². The van der Waals surface area contributed by atoms with Crippen molar-refractivity contribution in [1.29, 1.82) is 0 Å². The van der Waals surface area contributed by atoms with Crippen molar-refractivity contribution >= 4 is 85.8 Å². The van der Waals surface area contributed by atoms with Gasteiger partial charge in [0.1, 0.15) is 0 Å². The Hall–Kier alpha value is -5.58. The summed E-state index contributed by atoms with van der Waals surface area (Å²) in [7, 11) is 0. The summed E-state index contributed by atoms with van der Waals surface area (Å²) in [5, 5.41) is 9.25. The summed E-state index contributed by atoms with van der Waals surface area (Å²) in [6, 6.07) is 35.5. The van der Waals surface area contributed by atoms with Crippen molar-refractivity contribution in [3.63, 3.8) is 0 Å². The molecule has 0 bridgehead atoms. The Morgan fingerprint density at radius 1 is 0.545 bits per heavy atom. The summed E-state index contributed by atoms with van der Waals surface area (Å²) in [5.41, 5.74) is 2.81. The summed E-state index contributed by atoms with van der Waals surface area (Å²) in [6.45, 7) is 0. The quantitative estimate of drug-likeness (QED) is 0.190. The number of benzene rings is 7. The lowest BCUT2D eigenvalue weighted by Crippen LogP contribution is -2.03. The molecule has 7 aromatic carbocycles. The van der Waals surface area contributed by atoms with Gasteiger partial charge in [0, 0.05) is 47.3 Å². The lowest BCUT2D eigenvalue weighted by molar-refractivity contribution is 1.02. The zero-order valence-electron chi connectivity index (χ0n) is 28.1. The van der Waals surface area contributed by atoms with E-state index < -0.39 is 18.1 Å². The van der Waals surface area contributed by atoms with Gasteiger partial charge in [0.2, 0.25) is 5.95 Å². The standard InChI is InChI=1S/C40H23N3S/c1-2-11-25(12-3-1)38-30-20-18-24-10-4-5-13-27(24)39(30)42-40(41-38)43-33-16-8-6-14-28(33)32-22-26-19-21-36-37(31(26)23-34(32)43)29-15-7-9-17-35(29)44-36/h1-23H/i1D,2D,3D,11D,12D. The van der Waals surface area contributed by atoms with E-state index >= 15 is 0 Å². The number of para-hydroxylation sites is 1. The van der Waals surface area contributed by atoms with Gasteiger partial charge in [-0.3, -0.25) is 4.57 Å². The van der Waals surface area contributed by atoms with E-state index in [1.807, 2.05) is 48.5 Å². The Balaban J connectivity index is 1.39. The molecule has 204 valence electrons. The number of aromatic nitrogens is 3. The third kappa shape index (κ3) is 3.31. The van der Waals surface area contributed by atoms with Crippen LogP contribution in [0.2, 0.25) is 0 Å². The highest BCUT2D eigenvalue weighted by Gasteiger charge is 2.20. The first kappa shape index (κ1) is 19.6. The first-order valence-electron chi connectivity index (χ1n) is 16.9. The van der Waals surface area contributed by atoms with E-state index in [0.29, 0.717) is 22.5 Å². The molecule has 0 saturated heterocycles. The highest BCUT2D eigenvalue weighted by Crippen LogP contribution is 2.42. The second-order valence-electron chi connectivity index (χ2n) is 11.0. The first-order valence-corrected chi connectivity index (χ1v) is 15.2. The second kappa shape index (κ2) is 8.96. The molecule has 0 N–H and O–H groups in total. The van der Waals surface area contributed by atoms with Crippen LogP contribution in [-0.4, -0.2) is 14.5 Å². The molecule has 0 unspecified atom stereocenters. The summed E-state index contributed by atoms with van der Waals surface area (Å²) >= 11 is 1.78. The minimum absolute atomic E-state index is 0.0487. The average Bonchev–Trinajstić information content (AvgIpc) is 3.68. The SMILES string of the molecule is [2H]c1c([2H])c([2H])c(-c2nc(-n3c4ccccc4c4cc5ccc6sc7ccccc7c6c5cc43)nc3c2ccc2ccccc23)c([2H])c1[2H]. The minimum Gasteiger partial charge on any atom is -0.278 e. The Morgan fingerprint density at radius 3 is 2.23 bits per heavy atom. The van der Waals surface area contributed by atoms with Crippen LogP contribution in [0.15, 0.2) is 139 Å². The van der Waals surface area contributed by atoms with Gasteiger partial charge < -0.3 is 0 Å². The Labute approximate surface area is 263 Å². The van der Waals surface area contributed by atoms with Crippen molar-refractivity contribution in [3.05, 3.63) is 139 Å². The smallest absolute Gasteiger partial charge is 0.235 e. The van der Waals surface area contributed by atoms with Crippen LogP contribution in [0, 0.1) is 0 Å². The van der Waals surface area contributed by atoms with Crippen molar-refractivity contribution in [2.45, 2.75) is 0 Å². The van der Waals surface area contributed by atoms with Gasteiger partial charge in [0.25, 0.3) is 0 Å². The molecule has 0 saturated carbocycles. The highest BCUT2D eigenvalue weighted by atomic mass is 32.1. The van der Waals surface area contributed by atoms with E-state index in [0.717, 1.165) is 43.4 Å². The predicted molar refractivity (Wildman–Crippen MR) is 187 cm³/mol. The molecule has 3 heterocycles. The maximum absolute atomic E-state index is 8.90. The molecule has 0 aliphatic carbocycles. The number of hydrogen-bond donors (Lipinski definition) is 0. The van der Waals surface area contributed by atoms with Gasteiger partial charge in [-0.15, -0.1) is 11.3 Å².